The number of pyridine rings is 1. The molecule has 1 aromatic rings. The first kappa shape index (κ1) is 9.96. The molecule has 1 aromatic heterocycles. The van der Waals surface area contributed by atoms with Crippen molar-refractivity contribution in [3.05, 3.63) is 24.3 Å². The lowest BCUT2D eigenvalue weighted by atomic mass is 10.2. The van der Waals surface area contributed by atoms with Crippen molar-refractivity contribution in [3.8, 4) is 0 Å². The van der Waals surface area contributed by atoms with Crippen molar-refractivity contribution < 1.29 is 4.39 Å². The molecule has 0 aliphatic heterocycles. The fourth-order valence-electron chi connectivity index (χ4n) is 1.09. The van der Waals surface area contributed by atoms with E-state index in [0.717, 1.165) is 18.7 Å². The predicted octanol–water partition coefficient (Wildman–Crippen LogP) is 2.82. The van der Waals surface area contributed by atoms with Crippen molar-refractivity contribution >= 4 is 5.69 Å². The maximum Gasteiger partial charge on any atom is 0.212 e. The van der Waals surface area contributed by atoms with Crippen LogP contribution in [-0.2, 0) is 0 Å². The van der Waals surface area contributed by atoms with E-state index in [1.165, 1.54) is 25.1 Å². The van der Waals surface area contributed by atoms with Gasteiger partial charge in [0.05, 0.1) is 11.9 Å². The summed E-state index contributed by atoms with van der Waals surface area (Å²) < 4.78 is 12.4. The lowest BCUT2D eigenvalue weighted by Gasteiger charge is -2.04. The first-order valence-corrected chi connectivity index (χ1v) is 4.68. The van der Waals surface area contributed by atoms with Crippen LogP contribution in [0.2, 0.25) is 0 Å². The van der Waals surface area contributed by atoms with Crippen molar-refractivity contribution in [3.63, 3.8) is 0 Å². The average Bonchev–Trinajstić information content (AvgIpc) is 2.15. The molecule has 0 atom stereocenters. The number of rotatable bonds is 5. The van der Waals surface area contributed by atoms with E-state index in [1.807, 2.05) is 0 Å². The van der Waals surface area contributed by atoms with Gasteiger partial charge in [0, 0.05) is 6.54 Å². The Kier molecular flexibility index (Phi) is 4.23. The van der Waals surface area contributed by atoms with Crippen LogP contribution in [0.15, 0.2) is 18.3 Å². The summed E-state index contributed by atoms with van der Waals surface area (Å²) in [5, 5.41) is 3.18. The summed E-state index contributed by atoms with van der Waals surface area (Å²) in [5.41, 5.74) is 0.887. The highest BCUT2D eigenvalue weighted by Gasteiger charge is 1.92. The van der Waals surface area contributed by atoms with Gasteiger partial charge in [-0.1, -0.05) is 19.8 Å². The van der Waals surface area contributed by atoms with Gasteiger partial charge in [0.25, 0.3) is 0 Å². The zero-order chi connectivity index (χ0) is 9.52. The zero-order valence-corrected chi connectivity index (χ0v) is 7.89. The molecule has 2 nitrogen and oxygen atoms in total. The highest BCUT2D eigenvalue weighted by atomic mass is 19.1. The van der Waals surface area contributed by atoms with Gasteiger partial charge in [0.15, 0.2) is 0 Å². The maximum atomic E-state index is 12.4. The first-order chi connectivity index (χ1) is 6.33. The third kappa shape index (κ3) is 3.87. The molecule has 0 bridgehead atoms. The van der Waals surface area contributed by atoms with E-state index in [2.05, 4.69) is 17.2 Å². The van der Waals surface area contributed by atoms with Crippen LogP contribution in [0.3, 0.4) is 0 Å². The second-order valence-electron chi connectivity index (χ2n) is 3.00. The largest absolute Gasteiger partial charge is 0.384 e. The molecule has 3 heteroatoms. The Morgan fingerprint density at radius 2 is 2.23 bits per heavy atom. The number of aromatic nitrogens is 1. The summed E-state index contributed by atoms with van der Waals surface area (Å²) in [6, 6.07) is 3.07. The van der Waals surface area contributed by atoms with Crippen molar-refractivity contribution in [2.24, 2.45) is 0 Å². The minimum atomic E-state index is -0.431. The van der Waals surface area contributed by atoms with E-state index in [0.29, 0.717) is 0 Å². The molecule has 0 spiro atoms. The van der Waals surface area contributed by atoms with E-state index in [9.17, 15) is 4.39 Å². The summed E-state index contributed by atoms with van der Waals surface area (Å²) >= 11 is 0. The minimum Gasteiger partial charge on any atom is -0.384 e. The number of hydrogen-bond acceptors (Lipinski definition) is 2. The monoisotopic (exact) mass is 182 g/mol. The molecule has 0 amide bonds. The second-order valence-corrected chi connectivity index (χ2v) is 3.00. The minimum absolute atomic E-state index is 0.431. The summed E-state index contributed by atoms with van der Waals surface area (Å²) in [7, 11) is 0. The van der Waals surface area contributed by atoms with Gasteiger partial charge in [0.1, 0.15) is 0 Å². The van der Waals surface area contributed by atoms with Crippen molar-refractivity contribution in [1.29, 1.82) is 0 Å². The molecule has 0 fully saturated rings. The lowest BCUT2D eigenvalue weighted by molar-refractivity contribution is 0.584. The van der Waals surface area contributed by atoms with Crippen LogP contribution in [0.1, 0.15) is 26.2 Å². The highest BCUT2D eigenvalue weighted by Crippen LogP contribution is 2.05. The molecule has 0 unspecified atom stereocenters. The Bertz CT molecular complexity index is 233. The molecule has 0 aliphatic carbocycles. The zero-order valence-electron chi connectivity index (χ0n) is 7.89. The Morgan fingerprint density at radius 1 is 1.38 bits per heavy atom. The number of halogens is 1. The molecule has 13 heavy (non-hydrogen) atoms. The van der Waals surface area contributed by atoms with Crippen LogP contribution in [0, 0.1) is 5.95 Å². The fraction of sp³-hybridized carbons (Fsp3) is 0.500. The van der Waals surface area contributed by atoms with Crippen molar-refractivity contribution in [1.82, 2.24) is 4.98 Å². The third-order valence-electron chi connectivity index (χ3n) is 1.84. The Labute approximate surface area is 78.2 Å². The van der Waals surface area contributed by atoms with Gasteiger partial charge >= 0.3 is 0 Å². The van der Waals surface area contributed by atoms with E-state index in [4.69, 9.17) is 0 Å². The summed E-state index contributed by atoms with van der Waals surface area (Å²) in [6.07, 6.45) is 5.10. The summed E-state index contributed by atoms with van der Waals surface area (Å²) in [5.74, 6) is -0.431. The number of hydrogen-bond donors (Lipinski definition) is 1. The summed E-state index contributed by atoms with van der Waals surface area (Å²) in [6.45, 7) is 3.10. The van der Waals surface area contributed by atoms with Crippen LogP contribution >= 0.6 is 0 Å². The van der Waals surface area contributed by atoms with E-state index in [1.54, 1.807) is 6.07 Å². The molecule has 0 aromatic carbocycles. The van der Waals surface area contributed by atoms with Crippen molar-refractivity contribution in [2.75, 3.05) is 11.9 Å². The van der Waals surface area contributed by atoms with Crippen LogP contribution in [-0.4, -0.2) is 11.5 Å². The molecule has 1 heterocycles. The van der Waals surface area contributed by atoms with E-state index < -0.39 is 5.95 Å². The third-order valence-corrected chi connectivity index (χ3v) is 1.84. The molecular weight excluding hydrogens is 167 g/mol. The van der Waals surface area contributed by atoms with Gasteiger partial charge in [-0.15, -0.1) is 0 Å². The Hall–Kier alpha value is -1.12. The van der Waals surface area contributed by atoms with Gasteiger partial charge < -0.3 is 5.32 Å². The second kappa shape index (κ2) is 5.51. The molecule has 72 valence electrons. The topological polar surface area (TPSA) is 24.9 Å². The molecule has 1 N–H and O–H groups in total. The molecule has 0 aliphatic rings. The fourth-order valence-corrected chi connectivity index (χ4v) is 1.09. The highest BCUT2D eigenvalue weighted by molar-refractivity contribution is 5.39. The molecule has 1 rings (SSSR count). The van der Waals surface area contributed by atoms with Gasteiger partial charge in [-0.2, -0.15) is 4.39 Å². The van der Waals surface area contributed by atoms with Gasteiger partial charge in [-0.3, -0.25) is 0 Å². The summed E-state index contributed by atoms with van der Waals surface area (Å²) in [4.78, 5) is 3.55. The number of nitrogens with one attached hydrogen (secondary N) is 1. The molecule has 0 radical (unpaired) electrons. The normalized spacial score (nSPS) is 10.0. The Balaban J connectivity index is 2.25. The van der Waals surface area contributed by atoms with E-state index in [-0.39, 0.29) is 0 Å². The SMILES string of the molecule is CCCCCNc1ccc(F)nc1. The van der Waals surface area contributed by atoms with Crippen molar-refractivity contribution in [2.45, 2.75) is 26.2 Å². The molecular formula is C10H15FN2. The first-order valence-electron chi connectivity index (χ1n) is 4.68. The van der Waals surface area contributed by atoms with Crippen LogP contribution in [0.5, 0.6) is 0 Å². The Morgan fingerprint density at radius 3 is 2.85 bits per heavy atom. The number of unbranched alkanes of at least 4 members (excludes halogenated alkanes) is 2. The van der Waals surface area contributed by atoms with Gasteiger partial charge in [-0.25, -0.2) is 4.98 Å². The standard InChI is InChI=1S/C10H15FN2/c1-2-3-4-7-12-9-5-6-10(11)13-8-9/h5-6,8,12H,2-4,7H2,1H3. The average molecular weight is 182 g/mol. The van der Waals surface area contributed by atoms with Crippen LogP contribution in [0.4, 0.5) is 10.1 Å². The van der Waals surface area contributed by atoms with Crippen LogP contribution in [0.25, 0.3) is 0 Å². The van der Waals surface area contributed by atoms with E-state index >= 15 is 0 Å². The predicted molar refractivity (Wildman–Crippen MR) is 52.2 cm³/mol. The lowest BCUT2D eigenvalue weighted by Crippen LogP contribution is -2.01. The quantitative estimate of drug-likeness (QED) is 0.559. The molecule has 0 saturated carbocycles. The van der Waals surface area contributed by atoms with Gasteiger partial charge in [-0.05, 0) is 18.6 Å². The number of nitrogens with zero attached hydrogens (tertiary/aromatic N) is 1. The smallest absolute Gasteiger partial charge is 0.212 e. The maximum absolute atomic E-state index is 12.4. The number of anilines is 1. The molecule has 0 saturated heterocycles. The van der Waals surface area contributed by atoms with Gasteiger partial charge in [0.2, 0.25) is 5.95 Å². The van der Waals surface area contributed by atoms with Crippen LogP contribution < -0.4 is 5.32 Å².